The van der Waals surface area contributed by atoms with Crippen molar-refractivity contribution in [3.05, 3.63) is 28.5 Å². The van der Waals surface area contributed by atoms with Gasteiger partial charge in [0.1, 0.15) is 5.78 Å². The number of ketones is 1. The SMILES string of the molecule is O=C(CCCCl)Cc1cncc(Br)c1. The van der Waals surface area contributed by atoms with Crippen molar-refractivity contribution >= 4 is 33.3 Å². The third-order valence-corrected chi connectivity index (χ3v) is 2.45. The zero-order valence-corrected chi connectivity index (χ0v) is 10.0. The summed E-state index contributed by atoms with van der Waals surface area (Å²) in [5, 5.41) is 0. The second kappa shape index (κ2) is 6.14. The maximum absolute atomic E-state index is 11.4. The molecule has 0 radical (unpaired) electrons. The van der Waals surface area contributed by atoms with Crippen LogP contribution in [0.3, 0.4) is 0 Å². The molecule has 0 aliphatic heterocycles. The molecule has 4 heteroatoms. The van der Waals surface area contributed by atoms with E-state index < -0.39 is 0 Å². The Hall–Kier alpha value is -0.410. The van der Waals surface area contributed by atoms with Crippen molar-refractivity contribution in [3.63, 3.8) is 0 Å². The van der Waals surface area contributed by atoms with Gasteiger partial charge in [-0.2, -0.15) is 0 Å². The van der Waals surface area contributed by atoms with Crippen molar-refractivity contribution in [1.82, 2.24) is 4.98 Å². The predicted octanol–water partition coefficient (Wildman–Crippen LogP) is 2.97. The summed E-state index contributed by atoms with van der Waals surface area (Å²) in [5.74, 6) is 0.758. The average molecular weight is 277 g/mol. The van der Waals surface area contributed by atoms with Crippen LogP contribution in [0.4, 0.5) is 0 Å². The van der Waals surface area contributed by atoms with Crippen molar-refractivity contribution in [1.29, 1.82) is 0 Å². The number of alkyl halides is 1. The number of pyridine rings is 1. The van der Waals surface area contributed by atoms with Crippen molar-refractivity contribution < 1.29 is 4.79 Å². The molecule has 1 aromatic rings. The van der Waals surface area contributed by atoms with Crippen molar-refractivity contribution in [2.45, 2.75) is 19.3 Å². The average Bonchev–Trinajstić information content (AvgIpc) is 2.15. The quantitative estimate of drug-likeness (QED) is 0.774. The number of hydrogen-bond donors (Lipinski definition) is 0. The Labute approximate surface area is 96.8 Å². The number of halogens is 2. The maximum Gasteiger partial charge on any atom is 0.137 e. The highest BCUT2D eigenvalue weighted by atomic mass is 79.9. The van der Waals surface area contributed by atoms with Gasteiger partial charge in [-0.25, -0.2) is 0 Å². The summed E-state index contributed by atoms with van der Waals surface area (Å²) >= 11 is 8.81. The number of hydrogen-bond acceptors (Lipinski definition) is 2. The van der Waals surface area contributed by atoms with Crippen molar-refractivity contribution in [2.75, 3.05) is 5.88 Å². The van der Waals surface area contributed by atoms with E-state index in [0.29, 0.717) is 18.7 Å². The lowest BCUT2D eigenvalue weighted by atomic mass is 10.1. The summed E-state index contributed by atoms with van der Waals surface area (Å²) in [6.07, 6.45) is 5.16. The first-order valence-corrected chi connectivity index (χ1v) is 5.72. The Morgan fingerprint density at radius 3 is 2.93 bits per heavy atom. The van der Waals surface area contributed by atoms with Gasteiger partial charge in [-0.05, 0) is 34.0 Å². The number of rotatable bonds is 5. The van der Waals surface area contributed by atoms with Crippen LogP contribution in [0.15, 0.2) is 22.9 Å². The van der Waals surface area contributed by atoms with Crippen molar-refractivity contribution in [3.8, 4) is 0 Å². The Bertz CT molecular complexity index is 317. The number of aromatic nitrogens is 1. The molecule has 2 nitrogen and oxygen atoms in total. The fourth-order valence-corrected chi connectivity index (χ4v) is 1.68. The van der Waals surface area contributed by atoms with Gasteiger partial charge in [-0.3, -0.25) is 9.78 Å². The minimum Gasteiger partial charge on any atom is -0.299 e. The second-order valence-corrected chi connectivity index (χ2v) is 4.31. The molecule has 1 aromatic heterocycles. The normalized spacial score (nSPS) is 10.1. The molecule has 1 rings (SSSR count). The van der Waals surface area contributed by atoms with Gasteiger partial charge in [0, 0.05) is 35.6 Å². The summed E-state index contributed by atoms with van der Waals surface area (Å²) < 4.78 is 0.903. The van der Waals surface area contributed by atoms with Gasteiger partial charge >= 0.3 is 0 Å². The lowest BCUT2D eigenvalue weighted by molar-refractivity contribution is -0.118. The molecule has 0 aliphatic carbocycles. The highest BCUT2D eigenvalue weighted by Gasteiger charge is 2.03. The molecule has 0 aromatic carbocycles. The minimum atomic E-state index is 0.213. The third-order valence-electron chi connectivity index (χ3n) is 1.75. The molecule has 0 N–H and O–H groups in total. The van der Waals surface area contributed by atoms with Crippen LogP contribution in [0.1, 0.15) is 18.4 Å². The van der Waals surface area contributed by atoms with E-state index in [1.165, 1.54) is 0 Å². The molecule has 0 bridgehead atoms. The molecule has 76 valence electrons. The first kappa shape index (κ1) is 11.7. The minimum absolute atomic E-state index is 0.213. The number of carbonyl (C=O) groups is 1. The molecular weight excluding hydrogens is 265 g/mol. The molecule has 0 aliphatic rings. The van der Waals surface area contributed by atoms with Crippen LogP contribution in [0, 0.1) is 0 Å². The van der Waals surface area contributed by atoms with Crippen LogP contribution in [0.2, 0.25) is 0 Å². The van der Waals surface area contributed by atoms with E-state index in [-0.39, 0.29) is 5.78 Å². The number of carbonyl (C=O) groups excluding carboxylic acids is 1. The molecule has 0 saturated heterocycles. The second-order valence-electron chi connectivity index (χ2n) is 3.02. The molecule has 14 heavy (non-hydrogen) atoms. The van der Waals surface area contributed by atoms with Gasteiger partial charge < -0.3 is 0 Å². The highest BCUT2D eigenvalue weighted by Crippen LogP contribution is 2.11. The summed E-state index contributed by atoms with van der Waals surface area (Å²) in [5.41, 5.74) is 0.943. The van der Waals surface area contributed by atoms with E-state index in [9.17, 15) is 4.79 Å². The number of Topliss-reactive ketones (excluding diaryl/α,β-unsaturated/α-hetero) is 1. The standard InChI is InChI=1S/C10H11BrClNO/c11-9-4-8(6-13-7-9)5-10(14)2-1-3-12/h4,6-7H,1-3,5H2. The Morgan fingerprint density at radius 2 is 2.29 bits per heavy atom. The number of nitrogens with zero attached hydrogens (tertiary/aromatic N) is 1. The largest absolute Gasteiger partial charge is 0.299 e. The maximum atomic E-state index is 11.4. The van der Waals surface area contributed by atoms with E-state index in [1.54, 1.807) is 12.4 Å². The van der Waals surface area contributed by atoms with Crippen LogP contribution in [-0.4, -0.2) is 16.6 Å². The fraction of sp³-hybridized carbons (Fsp3) is 0.400. The van der Waals surface area contributed by atoms with Gasteiger partial charge in [-0.15, -0.1) is 11.6 Å². The molecule has 0 fully saturated rings. The summed E-state index contributed by atoms with van der Waals surface area (Å²) in [7, 11) is 0. The molecule has 0 unspecified atom stereocenters. The lowest BCUT2D eigenvalue weighted by Crippen LogP contribution is -2.03. The molecule has 1 heterocycles. The van der Waals surface area contributed by atoms with E-state index in [2.05, 4.69) is 20.9 Å². The van der Waals surface area contributed by atoms with E-state index in [0.717, 1.165) is 16.5 Å². The van der Waals surface area contributed by atoms with Crippen LogP contribution < -0.4 is 0 Å². The van der Waals surface area contributed by atoms with Gasteiger partial charge in [0.2, 0.25) is 0 Å². The van der Waals surface area contributed by atoms with Gasteiger partial charge in [-0.1, -0.05) is 0 Å². The molecular formula is C10H11BrClNO. The predicted molar refractivity (Wildman–Crippen MR) is 60.6 cm³/mol. The monoisotopic (exact) mass is 275 g/mol. The molecule has 0 atom stereocenters. The molecule has 0 amide bonds. The third kappa shape index (κ3) is 4.20. The smallest absolute Gasteiger partial charge is 0.137 e. The van der Waals surface area contributed by atoms with Crippen LogP contribution in [0.5, 0.6) is 0 Å². The Balaban J connectivity index is 2.47. The zero-order chi connectivity index (χ0) is 10.4. The Morgan fingerprint density at radius 1 is 1.50 bits per heavy atom. The van der Waals surface area contributed by atoms with Crippen LogP contribution >= 0.6 is 27.5 Å². The van der Waals surface area contributed by atoms with E-state index >= 15 is 0 Å². The van der Waals surface area contributed by atoms with Gasteiger partial charge in [0.15, 0.2) is 0 Å². The first-order valence-electron chi connectivity index (χ1n) is 4.39. The molecule has 0 saturated carbocycles. The summed E-state index contributed by atoms with van der Waals surface area (Å²) in [4.78, 5) is 15.4. The van der Waals surface area contributed by atoms with E-state index in [1.807, 2.05) is 6.07 Å². The van der Waals surface area contributed by atoms with Gasteiger partial charge in [0.25, 0.3) is 0 Å². The lowest BCUT2D eigenvalue weighted by Gasteiger charge is -2.00. The van der Waals surface area contributed by atoms with Crippen LogP contribution in [-0.2, 0) is 11.2 Å². The molecule has 0 spiro atoms. The summed E-state index contributed by atoms with van der Waals surface area (Å²) in [6.45, 7) is 0. The van der Waals surface area contributed by atoms with Gasteiger partial charge in [0.05, 0.1) is 0 Å². The van der Waals surface area contributed by atoms with Crippen molar-refractivity contribution in [2.24, 2.45) is 0 Å². The van der Waals surface area contributed by atoms with Crippen LogP contribution in [0.25, 0.3) is 0 Å². The summed E-state index contributed by atoms with van der Waals surface area (Å²) in [6, 6.07) is 1.91. The topological polar surface area (TPSA) is 30.0 Å². The zero-order valence-electron chi connectivity index (χ0n) is 7.67. The first-order chi connectivity index (χ1) is 6.72. The highest BCUT2D eigenvalue weighted by molar-refractivity contribution is 9.10. The Kier molecular flexibility index (Phi) is 5.12. The fourth-order valence-electron chi connectivity index (χ4n) is 1.13. The van der Waals surface area contributed by atoms with E-state index in [4.69, 9.17) is 11.6 Å².